The van der Waals surface area contributed by atoms with E-state index in [4.69, 9.17) is 14.8 Å². The number of nitrogens with zero attached hydrogens (tertiary/aromatic N) is 2. The summed E-state index contributed by atoms with van der Waals surface area (Å²) in [5.74, 6) is -0.0710. The first-order valence-electron chi connectivity index (χ1n) is 6.23. The topological polar surface area (TPSA) is 96.4 Å². The van der Waals surface area contributed by atoms with Gasteiger partial charge in [0.25, 0.3) is 0 Å². The first-order valence-corrected chi connectivity index (χ1v) is 9.08. The van der Waals surface area contributed by atoms with Gasteiger partial charge in [-0.1, -0.05) is 12.2 Å². The monoisotopic (exact) mass is 319 g/mol. The fourth-order valence-electron chi connectivity index (χ4n) is 2.26. The van der Waals surface area contributed by atoms with Gasteiger partial charge in [-0.05, 0) is 19.8 Å². The smallest absolute Gasteiger partial charge is 0.320 e. The molecule has 2 rings (SSSR count). The summed E-state index contributed by atoms with van der Waals surface area (Å²) in [4.78, 5) is 15.5. The first-order chi connectivity index (χ1) is 9.28. The second kappa shape index (κ2) is 5.99. The van der Waals surface area contributed by atoms with Gasteiger partial charge in [-0.15, -0.1) is 0 Å². The minimum Gasteiger partial charge on any atom is -0.352 e. The zero-order valence-corrected chi connectivity index (χ0v) is 13.1. The van der Waals surface area contributed by atoms with Gasteiger partial charge in [-0.2, -0.15) is 0 Å². The molecule has 0 amide bonds. The normalized spacial score (nSPS) is 25.6. The third-order valence-electron chi connectivity index (χ3n) is 3.22. The number of nitrogens with two attached hydrogens (primary N) is 1. The Morgan fingerprint density at radius 2 is 2.40 bits per heavy atom. The fraction of sp³-hybridized carbons (Fsp3) is 0.636. The van der Waals surface area contributed by atoms with Crippen LogP contribution in [0.5, 0.6) is 0 Å². The van der Waals surface area contributed by atoms with Gasteiger partial charge in [0.05, 0.1) is 19.0 Å². The summed E-state index contributed by atoms with van der Waals surface area (Å²) in [6, 6.07) is 0. The van der Waals surface area contributed by atoms with E-state index in [-0.39, 0.29) is 24.7 Å². The van der Waals surface area contributed by atoms with E-state index in [1.54, 1.807) is 6.33 Å². The van der Waals surface area contributed by atoms with Gasteiger partial charge >= 0.3 is 6.72 Å². The fourth-order valence-corrected chi connectivity index (χ4v) is 2.84. The van der Waals surface area contributed by atoms with E-state index in [2.05, 4.69) is 17.2 Å². The maximum atomic E-state index is 11.4. The number of carbonyl (C=O) groups is 1. The number of ketones is 1. The van der Waals surface area contributed by atoms with E-state index in [1.165, 1.54) is 6.92 Å². The van der Waals surface area contributed by atoms with Crippen molar-refractivity contribution < 1.29 is 18.6 Å². The maximum absolute atomic E-state index is 11.4. The summed E-state index contributed by atoms with van der Waals surface area (Å²) in [6.07, 6.45) is 2.75. The quantitative estimate of drug-likeness (QED) is 0.490. The zero-order chi connectivity index (χ0) is 14.9. The minimum absolute atomic E-state index is 0.0710. The number of imidazole rings is 1. The highest BCUT2D eigenvalue weighted by Gasteiger charge is 2.29. The Balaban J connectivity index is 1.99. The molecule has 0 saturated carbocycles. The van der Waals surface area contributed by atoms with Crippen LogP contribution in [0.3, 0.4) is 0 Å². The summed E-state index contributed by atoms with van der Waals surface area (Å²) in [5, 5.41) is 0. The van der Waals surface area contributed by atoms with Crippen molar-refractivity contribution in [3.63, 3.8) is 0 Å². The van der Waals surface area contributed by atoms with Gasteiger partial charge in [0.1, 0.15) is 11.9 Å². The van der Waals surface area contributed by atoms with Crippen molar-refractivity contribution in [3.05, 3.63) is 17.7 Å². The molecule has 1 unspecified atom stereocenters. The van der Waals surface area contributed by atoms with E-state index in [9.17, 15) is 9.36 Å². The predicted molar refractivity (Wildman–Crippen MR) is 76.8 cm³/mol. The highest BCUT2D eigenvalue weighted by Crippen LogP contribution is 2.43. The minimum atomic E-state index is -3.28. The molecule has 0 bridgehead atoms. The van der Waals surface area contributed by atoms with Crippen LogP contribution in [-0.4, -0.2) is 28.0 Å². The summed E-state index contributed by atoms with van der Waals surface area (Å²) >= 11 is 3.66. The Morgan fingerprint density at radius 1 is 1.70 bits per heavy atom. The van der Waals surface area contributed by atoms with E-state index >= 15 is 0 Å². The van der Waals surface area contributed by atoms with Crippen molar-refractivity contribution >= 4 is 24.8 Å². The number of hydrogen-bond acceptors (Lipinski definition) is 5. The van der Waals surface area contributed by atoms with Crippen LogP contribution in [0, 0.1) is 6.92 Å². The van der Waals surface area contributed by atoms with Crippen LogP contribution in [0.4, 0.5) is 0 Å². The van der Waals surface area contributed by atoms with Gasteiger partial charge in [-0.3, -0.25) is 14.9 Å². The first kappa shape index (κ1) is 15.7. The Hall–Kier alpha value is -0.660. The Morgan fingerprint density at radius 3 is 2.95 bits per heavy atom. The van der Waals surface area contributed by atoms with Crippen LogP contribution >= 0.6 is 19.0 Å². The number of rotatable bonds is 5. The van der Waals surface area contributed by atoms with Gasteiger partial charge in [0, 0.05) is 12.6 Å². The molecule has 1 aromatic heterocycles. The second-order valence-corrected chi connectivity index (χ2v) is 7.85. The number of hydrogen-bond donors (Lipinski definition) is 2. The lowest BCUT2D eigenvalue weighted by Gasteiger charge is -2.17. The lowest BCUT2D eigenvalue weighted by molar-refractivity contribution is -0.0175. The molecule has 0 radical (unpaired) electrons. The van der Waals surface area contributed by atoms with E-state index in [0.717, 1.165) is 18.5 Å². The van der Waals surface area contributed by atoms with Crippen LogP contribution in [0.1, 0.15) is 42.2 Å². The summed E-state index contributed by atoms with van der Waals surface area (Å²) < 4.78 is 23.8. The van der Waals surface area contributed by atoms with E-state index < -0.39 is 6.72 Å². The predicted octanol–water partition coefficient (Wildman–Crippen LogP) is 2.08. The molecule has 2 heterocycles. The molecular formula is C11H18N3O4PS. The number of thiol groups is 1. The van der Waals surface area contributed by atoms with Crippen LogP contribution in [-0.2, 0) is 13.8 Å². The molecule has 7 nitrogen and oxygen atoms in total. The van der Waals surface area contributed by atoms with Crippen LogP contribution in [0.2, 0.25) is 0 Å². The van der Waals surface area contributed by atoms with Crippen molar-refractivity contribution in [3.8, 4) is 0 Å². The Kier molecular flexibility index (Phi) is 4.71. The van der Waals surface area contributed by atoms with Gasteiger partial charge in [-0.25, -0.2) is 4.98 Å². The molecule has 0 aliphatic carbocycles. The van der Waals surface area contributed by atoms with Crippen LogP contribution in [0.15, 0.2) is 6.33 Å². The van der Waals surface area contributed by atoms with Crippen molar-refractivity contribution in [1.29, 1.82) is 0 Å². The van der Waals surface area contributed by atoms with Gasteiger partial charge < -0.3 is 13.8 Å². The third kappa shape index (κ3) is 3.71. The molecular weight excluding hydrogens is 301 g/mol. The second-order valence-electron chi connectivity index (χ2n) is 4.79. The molecule has 9 heteroatoms. The lowest BCUT2D eigenvalue weighted by Crippen LogP contribution is -2.17. The lowest BCUT2D eigenvalue weighted by atomic mass is 10.2. The molecule has 1 aliphatic heterocycles. The van der Waals surface area contributed by atoms with Crippen molar-refractivity contribution in [2.45, 2.75) is 39.0 Å². The number of ether oxygens (including phenoxy) is 1. The number of Topliss-reactive ketones (excluding diaryl/α,β-unsaturated/α-hetero) is 1. The van der Waals surface area contributed by atoms with E-state index in [1.807, 2.05) is 11.5 Å². The molecule has 1 aromatic rings. The Labute approximate surface area is 122 Å². The maximum Gasteiger partial charge on any atom is 0.320 e. The van der Waals surface area contributed by atoms with Crippen LogP contribution < -0.4 is 5.50 Å². The molecule has 0 aromatic carbocycles. The van der Waals surface area contributed by atoms with Crippen molar-refractivity contribution in [1.82, 2.24) is 9.55 Å². The summed E-state index contributed by atoms with van der Waals surface area (Å²) in [5.41, 5.74) is 6.44. The summed E-state index contributed by atoms with van der Waals surface area (Å²) in [7, 11) is 0. The van der Waals surface area contributed by atoms with E-state index in [0.29, 0.717) is 5.69 Å². The highest BCUT2D eigenvalue weighted by atomic mass is 32.7. The summed E-state index contributed by atoms with van der Waals surface area (Å²) in [6.45, 7) is 0.178. The van der Waals surface area contributed by atoms with Crippen LogP contribution in [0.25, 0.3) is 0 Å². The Bertz CT molecular complexity index is 556. The molecule has 0 spiro atoms. The number of aromatic nitrogens is 2. The van der Waals surface area contributed by atoms with Crippen molar-refractivity contribution in [2.75, 3.05) is 6.61 Å². The number of carbonyl (C=O) groups excluding carboxylic acids is 1. The SMILES string of the molecule is CC(=O)c1ncn([C@H]2CC[C@@H](COP(N)(=O)S)O2)c1C. The van der Waals surface area contributed by atoms with Gasteiger partial charge in [0.2, 0.25) is 0 Å². The van der Waals surface area contributed by atoms with Crippen molar-refractivity contribution in [2.24, 2.45) is 5.50 Å². The zero-order valence-electron chi connectivity index (χ0n) is 11.4. The molecule has 3 atom stereocenters. The molecule has 20 heavy (non-hydrogen) atoms. The molecule has 2 N–H and O–H groups in total. The largest absolute Gasteiger partial charge is 0.352 e. The molecule has 1 aliphatic rings. The third-order valence-corrected chi connectivity index (χ3v) is 4.08. The molecule has 112 valence electrons. The molecule has 1 saturated heterocycles. The average Bonchev–Trinajstić information content (AvgIpc) is 2.91. The molecule has 1 fully saturated rings. The average molecular weight is 319 g/mol. The standard InChI is InChI=1S/C11H18N3O4PS/c1-7-11(8(2)15)13-6-14(7)10-4-3-9(18-10)5-17-19(12,16)20/h6,9-10H,3-5H2,1-2H3,(H3,12,16,20)/t9-,10+,19?/m0/s1. The highest BCUT2D eigenvalue weighted by molar-refractivity contribution is 8.45. The van der Waals surface area contributed by atoms with Gasteiger partial charge in [0.15, 0.2) is 5.78 Å².